The Bertz CT molecular complexity index is 334. The average Bonchev–Trinajstić information content (AvgIpc) is 3.00. The Morgan fingerprint density at radius 1 is 1.36 bits per heavy atom. The second-order valence-corrected chi connectivity index (χ2v) is 4.18. The second kappa shape index (κ2) is 3.58. The van der Waals surface area contributed by atoms with Crippen LogP contribution in [-0.2, 0) is 0 Å². The molecule has 0 atom stereocenters. The number of aliphatic hydroxyl groups is 1. The van der Waals surface area contributed by atoms with Crippen LogP contribution >= 0.6 is 0 Å². The maximum absolute atomic E-state index is 9.26. The summed E-state index contributed by atoms with van der Waals surface area (Å²) in [6.07, 6.45) is 4.46. The molecule has 1 aliphatic carbocycles. The molecule has 1 fully saturated rings. The van der Waals surface area contributed by atoms with E-state index in [0.717, 1.165) is 12.8 Å². The molecule has 0 unspecified atom stereocenters. The summed E-state index contributed by atoms with van der Waals surface area (Å²) in [7, 11) is 0. The molecule has 0 saturated heterocycles. The molecule has 0 aromatic heterocycles. The van der Waals surface area contributed by atoms with Crippen molar-refractivity contribution in [2.75, 3.05) is 6.61 Å². The van der Waals surface area contributed by atoms with Crippen LogP contribution in [0, 0.1) is 5.41 Å². The summed E-state index contributed by atoms with van der Waals surface area (Å²) in [5, 5.41) is 9.26. The topological polar surface area (TPSA) is 20.2 Å². The van der Waals surface area contributed by atoms with Crippen LogP contribution in [-0.4, -0.2) is 11.7 Å². The van der Waals surface area contributed by atoms with E-state index in [1.165, 1.54) is 11.1 Å². The number of rotatable bonds is 3. The van der Waals surface area contributed by atoms with Crippen LogP contribution in [0.25, 0.3) is 6.08 Å². The zero-order valence-electron chi connectivity index (χ0n) is 8.53. The first-order valence-corrected chi connectivity index (χ1v) is 5.11. The number of hydrogen-bond acceptors (Lipinski definition) is 1. The van der Waals surface area contributed by atoms with Crippen molar-refractivity contribution in [1.29, 1.82) is 0 Å². The Morgan fingerprint density at radius 3 is 2.50 bits per heavy atom. The van der Waals surface area contributed by atoms with E-state index >= 15 is 0 Å². The molecule has 0 aliphatic heterocycles. The van der Waals surface area contributed by atoms with Gasteiger partial charge in [0.1, 0.15) is 0 Å². The van der Waals surface area contributed by atoms with E-state index in [1.807, 2.05) is 18.2 Å². The van der Waals surface area contributed by atoms with Crippen molar-refractivity contribution in [2.24, 2.45) is 5.41 Å². The molecule has 0 heterocycles. The van der Waals surface area contributed by atoms with Gasteiger partial charge in [0.05, 0.1) is 6.61 Å². The van der Waals surface area contributed by atoms with Gasteiger partial charge in [-0.05, 0) is 25.3 Å². The van der Waals surface area contributed by atoms with Crippen LogP contribution in [0.1, 0.15) is 25.3 Å². The third-order valence-corrected chi connectivity index (χ3v) is 3.18. The van der Waals surface area contributed by atoms with Gasteiger partial charge in [0, 0.05) is 5.41 Å². The van der Waals surface area contributed by atoms with E-state index in [-0.39, 0.29) is 5.41 Å². The zero-order chi connectivity index (χ0) is 10.0. The molecule has 1 N–H and O–H groups in total. The molecule has 0 amide bonds. The maximum Gasteiger partial charge on any atom is 0.0524 e. The molecule has 1 saturated carbocycles. The van der Waals surface area contributed by atoms with Crippen molar-refractivity contribution in [3.8, 4) is 0 Å². The van der Waals surface area contributed by atoms with Gasteiger partial charge < -0.3 is 5.11 Å². The number of hydrogen-bond donors (Lipinski definition) is 1. The van der Waals surface area contributed by atoms with Crippen LogP contribution < -0.4 is 0 Å². The van der Waals surface area contributed by atoms with Gasteiger partial charge in [-0.1, -0.05) is 42.0 Å². The Hall–Kier alpha value is -1.08. The minimum atomic E-state index is 0.121. The molecule has 1 nitrogen and oxygen atoms in total. The van der Waals surface area contributed by atoms with Gasteiger partial charge in [0.25, 0.3) is 0 Å². The number of benzene rings is 1. The predicted molar refractivity (Wildman–Crippen MR) is 58.8 cm³/mol. The van der Waals surface area contributed by atoms with Gasteiger partial charge in [-0.2, -0.15) is 0 Å². The number of aliphatic hydroxyl groups excluding tert-OH is 1. The molecule has 1 aromatic rings. The Kier molecular flexibility index (Phi) is 2.42. The highest BCUT2D eigenvalue weighted by Crippen LogP contribution is 2.51. The summed E-state index contributed by atoms with van der Waals surface area (Å²) in [5.41, 5.74) is 2.66. The Labute approximate surface area is 85.1 Å². The van der Waals surface area contributed by atoms with Crippen LogP contribution in [0.15, 0.2) is 35.9 Å². The first-order chi connectivity index (χ1) is 6.77. The lowest BCUT2D eigenvalue weighted by Crippen LogP contribution is -2.07. The fraction of sp³-hybridized carbons (Fsp3) is 0.385. The monoisotopic (exact) mass is 188 g/mol. The summed E-state index contributed by atoms with van der Waals surface area (Å²) in [6, 6.07) is 10.3. The van der Waals surface area contributed by atoms with Crippen LogP contribution in [0.3, 0.4) is 0 Å². The van der Waals surface area contributed by atoms with E-state index in [0.29, 0.717) is 6.61 Å². The van der Waals surface area contributed by atoms with Crippen molar-refractivity contribution in [2.45, 2.75) is 19.8 Å². The second-order valence-electron chi connectivity index (χ2n) is 4.18. The standard InChI is InChI=1S/C13H16O/c1-11(13(10-14)7-8-13)9-12-5-3-2-4-6-12/h2-6,9,14H,7-8,10H2,1H3/b11-9-. The smallest absolute Gasteiger partial charge is 0.0524 e. The highest BCUT2D eigenvalue weighted by atomic mass is 16.3. The molecule has 1 aromatic carbocycles. The average molecular weight is 188 g/mol. The zero-order valence-corrected chi connectivity index (χ0v) is 8.53. The summed E-state index contributed by atoms with van der Waals surface area (Å²) in [4.78, 5) is 0. The van der Waals surface area contributed by atoms with Crippen LogP contribution in [0.5, 0.6) is 0 Å². The third-order valence-electron chi connectivity index (χ3n) is 3.18. The molecule has 1 heteroatoms. The van der Waals surface area contributed by atoms with E-state index in [4.69, 9.17) is 0 Å². The van der Waals surface area contributed by atoms with E-state index < -0.39 is 0 Å². The Morgan fingerprint density at radius 2 is 2.00 bits per heavy atom. The highest BCUT2D eigenvalue weighted by molar-refractivity contribution is 5.54. The molecule has 2 rings (SSSR count). The summed E-state index contributed by atoms with van der Waals surface area (Å²) in [5.74, 6) is 0. The van der Waals surface area contributed by atoms with Gasteiger partial charge in [-0.25, -0.2) is 0 Å². The fourth-order valence-corrected chi connectivity index (χ4v) is 1.78. The third kappa shape index (κ3) is 1.73. The predicted octanol–water partition coefficient (Wildman–Crippen LogP) is 2.86. The first-order valence-electron chi connectivity index (χ1n) is 5.11. The van der Waals surface area contributed by atoms with Crippen LogP contribution in [0.4, 0.5) is 0 Å². The van der Waals surface area contributed by atoms with Gasteiger partial charge in [-0.3, -0.25) is 0 Å². The molecule has 0 radical (unpaired) electrons. The molecule has 0 bridgehead atoms. The quantitative estimate of drug-likeness (QED) is 0.773. The van der Waals surface area contributed by atoms with E-state index in [2.05, 4.69) is 25.1 Å². The van der Waals surface area contributed by atoms with Gasteiger partial charge >= 0.3 is 0 Å². The summed E-state index contributed by atoms with van der Waals surface area (Å²) in [6.45, 7) is 2.42. The molecule has 74 valence electrons. The van der Waals surface area contributed by atoms with Crippen LogP contribution in [0.2, 0.25) is 0 Å². The molecule has 0 spiro atoms. The fourth-order valence-electron chi connectivity index (χ4n) is 1.78. The lowest BCUT2D eigenvalue weighted by Gasteiger charge is -2.12. The van der Waals surface area contributed by atoms with Crippen molar-refractivity contribution >= 4 is 6.08 Å². The minimum absolute atomic E-state index is 0.121. The van der Waals surface area contributed by atoms with Crippen molar-refractivity contribution in [3.05, 3.63) is 41.5 Å². The highest BCUT2D eigenvalue weighted by Gasteiger charge is 2.43. The summed E-state index contributed by atoms with van der Waals surface area (Å²) < 4.78 is 0. The lowest BCUT2D eigenvalue weighted by atomic mass is 9.96. The summed E-state index contributed by atoms with van der Waals surface area (Å²) >= 11 is 0. The SMILES string of the molecule is C/C(=C/c1ccccc1)C1(CO)CC1. The molecule has 1 aliphatic rings. The minimum Gasteiger partial charge on any atom is -0.395 e. The van der Waals surface area contributed by atoms with Crippen molar-refractivity contribution in [1.82, 2.24) is 0 Å². The van der Waals surface area contributed by atoms with E-state index in [9.17, 15) is 5.11 Å². The first kappa shape index (κ1) is 9.47. The Balaban J connectivity index is 2.19. The van der Waals surface area contributed by atoms with Gasteiger partial charge in [-0.15, -0.1) is 0 Å². The normalized spacial score (nSPS) is 19.4. The van der Waals surface area contributed by atoms with E-state index in [1.54, 1.807) is 0 Å². The largest absolute Gasteiger partial charge is 0.395 e. The molecule has 14 heavy (non-hydrogen) atoms. The molecular formula is C13H16O. The van der Waals surface area contributed by atoms with Gasteiger partial charge in [0.2, 0.25) is 0 Å². The van der Waals surface area contributed by atoms with Crippen molar-refractivity contribution < 1.29 is 5.11 Å². The van der Waals surface area contributed by atoms with Crippen molar-refractivity contribution in [3.63, 3.8) is 0 Å². The maximum atomic E-state index is 9.26. The van der Waals surface area contributed by atoms with Gasteiger partial charge in [0.15, 0.2) is 0 Å². The molecular weight excluding hydrogens is 172 g/mol. The lowest BCUT2D eigenvalue weighted by molar-refractivity contribution is 0.235.